The van der Waals surface area contributed by atoms with Crippen LogP contribution in [0.25, 0.3) is 0 Å². The molecule has 3 nitrogen and oxygen atoms in total. The van der Waals surface area contributed by atoms with Gasteiger partial charge in [0.15, 0.2) is 0 Å². The Morgan fingerprint density at radius 1 is 1.44 bits per heavy atom. The molecule has 0 atom stereocenters. The van der Waals surface area contributed by atoms with Crippen LogP contribution in [0.3, 0.4) is 0 Å². The Bertz CT molecular complexity index is 376. The van der Waals surface area contributed by atoms with Crippen molar-refractivity contribution in [3.63, 3.8) is 0 Å². The fraction of sp³-hybridized carbons (Fsp3) is 0.462. The van der Waals surface area contributed by atoms with Crippen LogP contribution in [0.5, 0.6) is 5.75 Å². The highest BCUT2D eigenvalue weighted by atomic mass is 16.5. The standard InChI is InChI=1S/C13H17NO2/c1-16-13-6-2-4-11(8-13)9-14-7-3-5-12(15)10-14/h2,4,6,8H,3,5,7,9-10H2,1H3. The van der Waals surface area contributed by atoms with Gasteiger partial charge in [-0.3, -0.25) is 9.69 Å². The third-order valence-corrected chi connectivity index (χ3v) is 2.87. The molecular weight excluding hydrogens is 202 g/mol. The molecule has 0 bridgehead atoms. The fourth-order valence-corrected chi connectivity index (χ4v) is 2.07. The summed E-state index contributed by atoms with van der Waals surface area (Å²) in [6.07, 6.45) is 1.73. The third-order valence-electron chi connectivity index (χ3n) is 2.87. The fourth-order valence-electron chi connectivity index (χ4n) is 2.07. The highest BCUT2D eigenvalue weighted by molar-refractivity contribution is 5.81. The van der Waals surface area contributed by atoms with Crippen LogP contribution in [0.2, 0.25) is 0 Å². The Morgan fingerprint density at radius 2 is 2.31 bits per heavy atom. The first-order valence-electron chi connectivity index (χ1n) is 5.65. The molecule has 3 heteroatoms. The van der Waals surface area contributed by atoms with Crippen LogP contribution >= 0.6 is 0 Å². The smallest absolute Gasteiger partial charge is 0.146 e. The van der Waals surface area contributed by atoms with Crippen LogP contribution in [0.15, 0.2) is 24.3 Å². The Kier molecular flexibility index (Phi) is 3.57. The third kappa shape index (κ3) is 2.83. The number of piperidine rings is 1. The number of rotatable bonds is 3. The number of carbonyl (C=O) groups is 1. The average Bonchev–Trinajstić information content (AvgIpc) is 2.29. The molecule has 0 amide bonds. The summed E-state index contributed by atoms with van der Waals surface area (Å²) in [5, 5.41) is 0. The van der Waals surface area contributed by atoms with E-state index in [1.54, 1.807) is 7.11 Å². The second kappa shape index (κ2) is 5.12. The number of ether oxygens (including phenoxy) is 1. The largest absolute Gasteiger partial charge is 0.497 e. The van der Waals surface area contributed by atoms with Gasteiger partial charge in [-0.15, -0.1) is 0 Å². The monoisotopic (exact) mass is 219 g/mol. The second-order valence-electron chi connectivity index (χ2n) is 4.20. The molecule has 16 heavy (non-hydrogen) atoms. The van der Waals surface area contributed by atoms with Crippen molar-refractivity contribution in [1.29, 1.82) is 0 Å². The second-order valence-corrected chi connectivity index (χ2v) is 4.20. The molecule has 0 N–H and O–H groups in total. The molecule has 1 fully saturated rings. The molecule has 0 unspecified atom stereocenters. The van der Waals surface area contributed by atoms with Crippen LogP contribution in [0.4, 0.5) is 0 Å². The van der Waals surface area contributed by atoms with Crippen molar-refractivity contribution in [3.8, 4) is 5.75 Å². The number of hydrogen-bond donors (Lipinski definition) is 0. The van der Waals surface area contributed by atoms with Crippen LogP contribution in [-0.2, 0) is 11.3 Å². The highest BCUT2D eigenvalue weighted by Crippen LogP contribution is 2.16. The molecule has 1 aromatic carbocycles. The first-order valence-corrected chi connectivity index (χ1v) is 5.65. The normalized spacial score (nSPS) is 17.4. The molecule has 0 aliphatic carbocycles. The topological polar surface area (TPSA) is 29.5 Å². The van der Waals surface area contributed by atoms with Gasteiger partial charge in [0.05, 0.1) is 13.7 Å². The van der Waals surface area contributed by atoms with E-state index in [1.807, 2.05) is 18.2 Å². The Morgan fingerprint density at radius 3 is 3.06 bits per heavy atom. The lowest BCUT2D eigenvalue weighted by atomic mass is 10.1. The summed E-state index contributed by atoms with van der Waals surface area (Å²) in [7, 11) is 1.67. The van der Waals surface area contributed by atoms with E-state index in [0.29, 0.717) is 12.3 Å². The maximum absolute atomic E-state index is 11.3. The van der Waals surface area contributed by atoms with Gasteiger partial charge in [-0.05, 0) is 30.7 Å². The molecule has 1 saturated heterocycles. The zero-order chi connectivity index (χ0) is 11.4. The number of carbonyl (C=O) groups excluding carboxylic acids is 1. The molecule has 0 spiro atoms. The molecule has 0 saturated carbocycles. The molecule has 2 rings (SSSR count). The van der Waals surface area contributed by atoms with Crippen molar-refractivity contribution >= 4 is 5.78 Å². The lowest BCUT2D eigenvalue weighted by Gasteiger charge is -2.25. The summed E-state index contributed by atoms with van der Waals surface area (Å²) in [5.41, 5.74) is 1.20. The molecule has 1 aromatic rings. The van der Waals surface area contributed by atoms with E-state index in [1.165, 1.54) is 5.56 Å². The van der Waals surface area contributed by atoms with Crippen molar-refractivity contribution in [2.75, 3.05) is 20.2 Å². The molecule has 0 radical (unpaired) electrons. The number of benzene rings is 1. The Hall–Kier alpha value is -1.35. The molecular formula is C13H17NO2. The summed E-state index contributed by atoms with van der Waals surface area (Å²) < 4.78 is 5.18. The van der Waals surface area contributed by atoms with Crippen molar-refractivity contribution in [3.05, 3.63) is 29.8 Å². The Balaban J connectivity index is 1.99. The van der Waals surface area contributed by atoms with Gasteiger partial charge in [0, 0.05) is 13.0 Å². The zero-order valence-corrected chi connectivity index (χ0v) is 9.61. The van der Waals surface area contributed by atoms with Crippen LogP contribution in [0.1, 0.15) is 18.4 Å². The highest BCUT2D eigenvalue weighted by Gasteiger charge is 2.16. The molecule has 1 heterocycles. The first kappa shape index (κ1) is 11.1. The van der Waals surface area contributed by atoms with Crippen molar-refractivity contribution in [2.45, 2.75) is 19.4 Å². The number of hydrogen-bond acceptors (Lipinski definition) is 3. The summed E-state index contributed by atoms with van der Waals surface area (Å²) in [6, 6.07) is 8.02. The zero-order valence-electron chi connectivity index (χ0n) is 9.61. The van der Waals surface area contributed by atoms with Gasteiger partial charge in [0.2, 0.25) is 0 Å². The minimum Gasteiger partial charge on any atom is -0.497 e. The predicted molar refractivity (Wildman–Crippen MR) is 62.5 cm³/mol. The van der Waals surface area contributed by atoms with Gasteiger partial charge in [-0.25, -0.2) is 0 Å². The summed E-state index contributed by atoms with van der Waals surface area (Å²) in [5.74, 6) is 1.23. The van der Waals surface area contributed by atoms with Gasteiger partial charge < -0.3 is 4.74 Å². The number of Topliss-reactive ketones (excluding diaryl/α,β-unsaturated/α-hetero) is 1. The summed E-state index contributed by atoms with van der Waals surface area (Å²) in [6.45, 7) is 2.45. The van der Waals surface area contributed by atoms with Crippen molar-refractivity contribution < 1.29 is 9.53 Å². The minimum absolute atomic E-state index is 0.356. The first-order chi connectivity index (χ1) is 7.78. The molecule has 86 valence electrons. The van der Waals surface area contributed by atoms with Gasteiger partial charge in [-0.2, -0.15) is 0 Å². The molecule has 1 aliphatic heterocycles. The van der Waals surface area contributed by atoms with E-state index < -0.39 is 0 Å². The lowest BCUT2D eigenvalue weighted by Crippen LogP contribution is -2.34. The van der Waals surface area contributed by atoms with Gasteiger partial charge in [-0.1, -0.05) is 12.1 Å². The number of methoxy groups -OCH3 is 1. The van der Waals surface area contributed by atoms with E-state index in [2.05, 4.69) is 11.0 Å². The summed E-state index contributed by atoms with van der Waals surface area (Å²) in [4.78, 5) is 13.5. The maximum atomic E-state index is 11.3. The predicted octanol–water partition coefficient (Wildman–Crippen LogP) is 1.86. The number of ketones is 1. The van der Waals surface area contributed by atoms with Gasteiger partial charge in [0.25, 0.3) is 0 Å². The van der Waals surface area contributed by atoms with E-state index in [0.717, 1.165) is 31.7 Å². The molecule has 1 aliphatic rings. The quantitative estimate of drug-likeness (QED) is 0.777. The van der Waals surface area contributed by atoms with Crippen LogP contribution in [-0.4, -0.2) is 30.9 Å². The minimum atomic E-state index is 0.356. The van der Waals surface area contributed by atoms with Crippen molar-refractivity contribution in [2.24, 2.45) is 0 Å². The number of likely N-dealkylation sites (tertiary alicyclic amines) is 1. The van der Waals surface area contributed by atoms with Gasteiger partial charge in [0.1, 0.15) is 11.5 Å². The van der Waals surface area contributed by atoms with Crippen molar-refractivity contribution in [1.82, 2.24) is 4.90 Å². The van der Waals surface area contributed by atoms with Crippen LogP contribution in [0, 0.1) is 0 Å². The average molecular weight is 219 g/mol. The SMILES string of the molecule is COc1cccc(CN2CCCC(=O)C2)c1. The van der Waals surface area contributed by atoms with E-state index in [4.69, 9.17) is 4.74 Å². The van der Waals surface area contributed by atoms with Gasteiger partial charge >= 0.3 is 0 Å². The van der Waals surface area contributed by atoms with E-state index >= 15 is 0 Å². The Labute approximate surface area is 96.0 Å². The van der Waals surface area contributed by atoms with E-state index in [-0.39, 0.29) is 0 Å². The molecule has 0 aromatic heterocycles. The number of nitrogens with zero attached hydrogens (tertiary/aromatic N) is 1. The summed E-state index contributed by atoms with van der Waals surface area (Å²) >= 11 is 0. The van der Waals surface area contributed by atoms with E-state index in [9.17, 15) is 4.79 Å². The van der Waals surface area contributed by atoms with Crippen LogP contribution < -0.4 is 4.74 Å². The maximum Gasteiger partial charge on any atom is 0.146 e. The lowest BCUT2D eigenvalue weighted by molar-refractivity contribution is -0.122.